The summed E-state index contributed by atoms with van der Waals surface area (Å²) in [4.78, 5) is 24.0. The third-order valence-corrected chi connectivity index (χ3v) is 1.74. The van der Waals surface area contributed by atoms with Gasteiger partial charge in [0.1, 0.15) is 5.69 Å². The number of H-pyrrole nitrogens is 1. The highest BCUT2D eigenvalue weighted by Gasteiger charge is 2.07. The molecule has 1 heterocycles. The van der Waals surface area contributed by atoms with Gasteiger partial charge in [0, 0.05) is 12.7 Å². The summed E-state index contributed by atoms with van der Waals surface area (Å²) in [5.74, 6) is -1.31. The highest BCUT2D eigenvalue weighted by atomic mass is 35.5. The average molecular weight is 217 g/mol. The molecule has 0 spiro atoms. The number of carboxylic acids is 1. The van der Waals surface area contributed by atoms with Crippen LogP contribution < -0.4 is 5.32 Å². The molecule has 0 aliphatic rings. The topological polar surface area (TPSA) is 82.2 Å². The minimum atomic E-state index is -0.949. The third-order valence-electron chi connectivity index (χ3n) is 1.52. The fraction of sp³-hybridized carbons (Fsp3) is 0.250. The van der Waals surface area contributed by atoms with Crippen molar-refractivity contribution in [2.75, 3.05) is 6.54 Å². The SMILES string of the molecule is O=C(O)CCNC(=O)c1cc(Cl)c[nH]1. The van der Waals surface area contributed by atoms with Crippen molar-refractivity contribution in [3.05, 3.63) is 23.0 Å². The smallest absolute Gasteiger partial charge is 0.305 e. The molecule has 1 aromatic heterocycles. The molecular weight excluding hydrogens is 208 g/mol. The van der Waals surface area contributed by atoms with Crippen molar-refractivity contribution < 1.29 is 14.7 Å². The largest absolute Gasteiger partial charge is 0.481 e. The molecule has 0 saturated heterocycles. The lowest BCUT2D eigenvalue weighted by Crippen LogP contribution is -2.26. The Hall–Kier alpha value is -1.49. The number of rotatable bonds is 4. The molecule has 0 fully saturated rings. The normalized spacial score (nSPS) is 9.79. The first kappa shape index (κ1) is 10.6. The van der Waals surface area contributed by atoms with Gasteiger partial charge in [0.05, 0.1) is 11.4 Å². The van der Waals surface area contributed by atoms with E-state index in [4.69, 9.17) is 16.7 Å². The number of aromatic nitrogens is 1. The molecule has 0 radical (unpaired) electrons. The van der Waals surface area contributed by atoms with Crippen molar-refractivity contribution in [2.24, 2.45) is 0 Å². The van der Waals surface area contributed by atoms with Crippen LogP contribution in [-0.2, 0) is 4.79 Å². The summed E-state index contributed by atoms with van der Waals surface area (Å²) < 4.78 is 0. The van der Waals surface area contributed by atoms with Gasteiger partial charge in [-0.05, 0) is 6.07 Å². The number of aromatic amines is 1. The molecule has 3 N–H and O–H groups in total. The van der Waals surface area contributed by atoms with Crippen LogP contribution in [0.15, 0.2) is 12.3 Å². The van der Waals surface area contributed by atoms with Gasteiger partial charge in [0.2, 0.25) is 0 Å². The Bertz CT molecular complexity index is 348. The van der Waals surface area contributed by atoms with Gasteiger partial charge >= 0.3 is 5.97 Å². The maximum absolute atomic E-state index is 11.2. The van der Waals surface area contributed by atoms with Gasteiger partial charge < -0.3 is 15.4 Å². The molecule has 0 saturated carbocycles. The Morgan fingerprint density at radius 1 is 1.57 bits per heavy atom. The van der Waals surface area contributed by atoms with E-state index in [2.05, 4.69) is 10.3 Å². The molecule has 0 aromatic carbocycles. The Morgan fingerprint density at radius 3 is 2.79 bits per heavy atom. The van der Waals surface area contributed by atoms with Crippen LogP contribution in [0.1, 0.15) is 16.9 Å². The number of carbonyl (C=O) groups is 2. The molecule has 0 atom stereocenters. The summed E-state index contributed by atoms with van der Waals surface area (Å²) in [5, 5.41) is 11.2. The summed E-state index contributed by atoms with van der Waals surface area (Å²) in [5.41, 5.74) is 0.320. The highest BCUT2D eigenvalue weighted by molar-refractivity contribution is 6.30. The Kier molecular flexibility index (Phi) is 3.53. The van der Waals surface area contributed by atoms with E-state index in [-0.39, 0.29) is 18.9 Å². The zero-order valence-electron chi connectivity index (χ0n) is 7.21. The highest BCUT2D eigenvalue weighted by Crippen LogP contribution is 2.08. The first-order chi connectivity index (χ1) is 6.59. The molecule has 0 unspecified atom stereocenters. The first-order valence-corrected chi connectivity index (χ1v) is 4.31. The second-order valence-electron chi connectivity index (χ2n) is 2.63. The van der Waals surface area contributed by atoms with E-state index in [1.165, 1.54) is 12.3 Å². The molecule has 0 aliphatic carbocycles. The van der Waals surface area contributed by atoms with Gasteiger partial charge in [-0.3, -0.25) is 9.59 Å². The number of hydrogen-bond acceptors (Lipinski definition) is 2. The minimum Gasteiger partial charge on any atom is -0.481 e. The maximum atomic E-state index is 11.2. The summed E-state index contributed by atoms with van der Waals surface area (Å²) >= 11 is 5.58. The standard InChI is InChI=1S/C8H9ClN2O3/c9-5-3-6(11-4-5)8(14)10-2-1-7(12)13/h3-4,11H,1-2H2,(H,10,14)(H,12,13). The van der Waals surface area contributed by atoms with Crippen molar-refractivity contribution in [2.45, 2.75) is 6.42 Å². The molecule has 14 heavy (non-hydrogen) atoms. The van der Waals surface area contributed by atoms with E-state index in [9.17, 15) is 9.59 Å². The number of carboxylic acid groups (broad SMARTS) is 1. The van der Waals surface area contributed by atoms with Crippen LogP contribution in [0.3, 0.4) is 0 Å². The zero-order chi connectivity index (χ0) is 10.6. The van der Waals surface area contributed by atoms with Crippen LogP contribution in [0.4, 0.5) is 0 Å². The summed E-state index contributed by atoms with van der Waals surface area (Å²) in [7, 11) is 0. The average Bonchev–Trinajstić information content (AvgIpc) is 2.51. The molecule has 5 nitrogen and oxygen atoms in total. The van der Waals surface area contributed by atoms with E-state index < -0.39 is 5.97 Å². The molecular formula is C8H9ClN2O3. The van der Waals surface area contributed by atoms with Crippen LogP contribution in [-0.4, -0.2) is 28.5 Å². The predicted octanol–water partition coefficient (Wildman–Crippen LogP) is 0.873. The molecule has 0 bridgehead atoms. The van der Waals surface area contributed by atoms with E-state index in [0.717, 1.165) is 0 Å². The van der Waals surface area contributed by atoms with Crippen molar-refractivity contribution >= 4 is 23.5 Å². The number of halogens is 1. The summed E-state index contributed by atoms with van der Waals surface area (Å²) in [6.07, 6.45) is 1.38. The van der Waals surface area contributed by atoms with Crippen molar-refractivity contribution in [3.8, 4) is 0 Å². The lowest BCUT2D eigenvalue weighted by Gasteiger charge is -2.00. The Morgan fingerprint density at radius 2 is 2.29 bits per heavy atom. The third kappa shape index (κ3) is 3.10. The van der Waals surface area contributed by atoms with Gasteiger partial charge in [-0.15, -0.1) is 0 Å². The monoisotopic (exact) mass is 216 g/mol. The van der Waals surface area contributed by atoms with E-state index in [1.807, 2.05) is 0 Å². The number of carbonyl (C=O) groups excluding carboxylic acids is 1. The Balaban J connectivity index is 2.39. The molecule has 0 aliphatic heterocycles. The molecule has 76 valence electrons. The number of aliphatic carboxylic acids is 1. The zero-order valence-corrected chi connectivity index (χ0v) is 7.97. The van der Waals surface area contributed by atoms with Gasteiger partial charge in [-0.25, -0.2) is 0 Å². The van der Waals surface area contributed by atoms with Gasteiger partial charge in [0.15, 0.2) is 0 Å². The minimum absolute atomic E-state index is 0.0970. The van der Waals surface area contributed by atoms with E-state index in [0.29, 0.717) is 10.7 Å². The van der Waals surface area contributed by atoms with E-state index >= 15 is 0 Å². The molecule has 6 heteroatoms. The van der Waals surface area contributed by atoms with Gasteiger partial charge in [-0.2, -0.15) is 0 Å². The Labute approximate surface area is 85.1 Å². The molecule has 1 amide bonds. The van der Waals surface area contributed by atoms with Gasteiger partial charge in [-0.1, -0.05) is 11.6 Å². The maximum Gasteiger partial charge on any atom is 0.305 e. The fourth-order valence-electron chi connectivity index (χ4n) is 0.877. The first-order valence-electron chi connectivity index (χ1n) is 3.93. The second-order valence-corrected chi connectivity index (χ2v) is 3.07. The van der Waals surface area contributed by atoms with Crippen LogP contribution in [0.5, 0.6) is 0 Å². The van der Waals surface area contributed by atoms with Crippen molar-refractivity contribution in [1.82, 2.24) is 10.3 Å². The van der Waals surface area contributed by atoms with Crippen LogP contribution in [0.25, 0.3) is 0 Å². The molecule has 1 aromatic rings. The number of amides is 1. The van der Waals surface area contributed by atoms with Gasteiger partial charge in [0.25, 0.3) is 5.91 Å². The number of nitrogens with one attached hydrogen (secondary N) is 2. The van der Waals surface area contributed by atoms with Crippen LogP contribution in [0.2, 0.25) is 5.02 Å². The second kappa shape index (κ2) is 4.66. The van der Waals surface area contributed by atoms with E-state index in [1.54, 1.807) is 0 Å². The summed E-state index contributed by atoms with van der Waals surface area (Å²) in [6.45, 7) is 0.102. The van der Waals surface area contributed by atoms with Crippen molar-refractivity contribution in [1.29, 1.82) is 0 Å². The number of hydrogen-bond donors (Lipinski definition) is 3. The van der Waals surface area contributed by atoms with Crippen molar-refractivity contribution in [3.63, 3.8) is 0 Å². The summed E-state index contributed by atoms with van der Waals surface area (Å²) in [6, 6.07) is 1.47. The van der Waals surface area contributed by atoms with Crippen LogP contribution in [0, 0.1) is 0 Å². The predicted molar refractivity (Wildman–Crippen MR) is 50.4 cm³/mol. The lowest BCUT2D eigenvalue weighted by molar-refractivity contribution is -0.136. The van der Waals surface area contributed by atoms with Crippen LogP contribution >= 0.6 is 11.6 Å². The molecule has 1 rings (SSSR count). The lowest BCUT2D eigenvalue weighted by atomic mass is 10.4. The quantitative estimate of drug-likeness (QED) is 0.699. The fourth-order valence-corrected chi connectivity index (χ4v) is 1.04.